The van der Waals surface area contributed by atoms with E-state index in [1.165, 1.54) is 26.0 Å². The van der Waals surface area contributed by atoms with Gasteiger partial charge in [0.25, 0.3) is 0 Å². The van der Waals surface area contributed by atoms with Crippen molar-refractivity contribution in [2.75, 3.05) is 5.32 Å². The monoisotopic (exact) mass is 243 g/mol. The average molecular weight is 243 g/mol. The first-order valence-corrected chi connectivity index (χ1v) is 5.78. The first-order valence-electron chi connectivity index (χ1n) is 5.78. The number of amides is 1. The molecule has 0 aromatic heterocycles. The second kappa shape index (κ2) is 9.63. The Balaban J connectivity index is 0. The van der Waals surface area contributed by atoms with Crippen molar-refractivity contribution in [3.63, 3.8) is 0 Å². The lowest BCUT2D eigenvalue weighted by Crippen LogP contribution is -2.07. The fourth-order valence-electron chi connectivity index (χ4n) is 0.961. The van der Waals surface area contributed by atoms with E-state index in [1.807, 2.05) is 27.7 Å². The highest BCUT2D eigenvalue weighted by Crippen LogP contribution is 2.25. The zero-order chi connectivity index (χ0) is 14.0. The van der Waals surface area contributed by atoms with E-state index in [4.69, 9.17) is 5.11 Å². The van der Waals surface area contributed by atoms with Gasteiger partial charge in [-0.3, -0.25) is 4.79 Å². The number of rotatable bonds is 1. The van der Waals surface area contributed by atoms with Crippen molar-refractivity contribution in [2.24, 2.45) is 0 Å². The lowest BCUT2D eigenvalue weighted by atomic mass is 10.2. The highest BCUT2D eigenvalue weighted by molar-refractivity contribution is 5.89. The maximum Gasteiger partial charge on any atom is 0.221 e. The number of anilines is 1. The van der Waals surface area contributed by atoms with Crippen LogP contribution in [0.15, 0.2) is 12.1 Å². The molecule has 0 saturated carbocycles. The summed E-state index contributed by atoms with van der Waals surface area (Å²) in [6.07, 6.45) is 0. The predicted molar refractivity (Wildman–Crippen MR) is 69.8 cm³/mol. The summed E-state index contributed by atoms with van der Waals surface area (Å²) in [6, 6.07) is 2.66. The van der Waals surface area contributed by atoms with Gasteiger partial charge in [-0.05, 0) is 19.1 Å². The zero-order valence-corrected chi connectivity index (χ0v) is 11.4. The van der Waals surface area contributed by atoms with Crippen LogP contribution < -0.4 is 5.32 Å². The van der Waals surface area contributed by atoms with Crippen LogP contribution in [0.5, 0.6) is 5.75 Å². The van der Waals surface area contributed by atoms with E-state index in [2.05, 4.69) is 5.32 Å². The summed E-state index contributed by atoms with van der Waals surface area (Å²) < 4.78 is 13.2. The summed E-state index contributed by atoms with van der Waals surface area (Å²) in [5.74, 6) is -1.06. The minimum absolute atomic E-state index is 0.0859. The van der Waals surface area contributed by atoms with Gasteiger partial charge >= 0.3 is 0 Å². The third-order valence-corrected chi connectivity index (χ3v) is 1.67. The maximum absolute atomic E-state index is 13.2. The average Bonchev–Trinajstić information content (AvgIpc) is 2.35. The Bertz CT molecular complexity index is 352. The smallest absolute Gasteiger partial charge is 0.221 e. The Morgan fingerprint density at radius 3 is 2.12 bits per heavy atom. The largest absolute Gasteiger partial charge is 0.508 e. The molecule has 0 radical (unpaired) electrons. The van der Waals surface area contributed by atoms with E-state index >= 15 is 0 Å². The van der Waals surface area contributed by atoms with Crippen molar-refractivity contribution < 1.29 is 14.3 Å². The molecule has 1 aromatic rings. The number of nitrogens with one attached hydrogen (secondary N) is 1. The van der Waals surface area contributed by atoms with Crippen LogP contribution in [0, 0.1) is 12.7 Å². The zero-order valence-electron chi connectivity index (χ0n) is 11.4. The topological polar surface area (TPSA) is 49.3 Å². The molecule has 0 unspecified atom stereocenters. The van der Waals surface area contributed by atoms with Gasteiger partial charge in [-0.15, -0.1) is 0 Å². The number of hydrogen-bond donors (Lipinski definition) is 2. The van der Waals surface area contributed by atoms with Gasteiger partial charge in [0.2, 0.25) is 5.91 Å². The lowest BCUT2D eigenvalue weighted by molar-refractivity contribution is -0.114. The van der Waals surface area contributed by atoms with Gasteiger partial charge in [0, 0.05) is 12.5 Å². The van der Waals surface area contributed by atoms with E-state index < -0.39 is 5.82 Å². The van der Waals surface area contributed by atoms with E-state index in [0.29, 0.717) is 0 Å². The molecular formula is C13H22FNO2. The molecule has 1 aromatic carbocycles. The Labute approximate surface area is 103 Å². The van der Waals surface area contributed by atoms with E-state index in [0.717, 1.165) is 0 Å². The first-order chi connectivity index (χ1) is 8.02. The molecule has 3 nitrogen and oxygen atoms in total. The Kier molecular flexibility index (Phi) is 10.1. The SMILES string of the molecule is CC.CC.CC(=O)Nc1ccc(O)c(C)c1F. The van der Waals surface area contributed by atoms with Crippen molar-refractivity contribution in [1.82, 2.24) is 0 Å². The van der Waals surface area contributed by atoms with Crippen molar-refractivity contribution in [2.45, 2.75) is 41.5 Å². The van der Waals surface area contributed by atoms with Crippen molar-refractivity contribution >= 4 is 11.6 Å². The molecule has 0 aliphatic heterocycles. The second-order valence-corrected chi connectivity index (χ2v) is 2.75. The van der Waals surface area contributed by atoms with Crippen molar-refractivity contribution in [3.8, 4) is 5.75 Å². The van der Waals surface area contributed by atoms with Crippen LogP contribution >= 0.6 is 0 Å². The number of carbonyl (C=O) groups excluding carboxylic acids is 1. The molecule has 0 aliphatic carbocycles. The highest BCUT2D eigenvalue weighted by Gasteiger charge is 2.09. The molecule has 98 valence electrons. The second-order valence-electron chi connectivity index (χ2n) is 2.75. The van der Waals surface area contributed by atoms with Gasteiger partial charge in [0.15, 0.2) is 5.82 Å². The third kappa shape index (κ3) is 5.90. The number of halogens is 1. The molecule has 0 saturated heterocycles. The molecule has 0 aliphatic rings. The predicted octanol–water partition coefficient (Wildman–Crippen LogP) is 3.85. The summed E-state index contributed by atoms with van der Waals surface area (Å²) in [7, 11) is 0. The first kappa shape index (κ1) is 17.8. The summed E-state index contributed by atoms with van der Waals surface area (Å²) in [5, 5.41) is 11.4. The van der Waals surface area contributed by atoms with Crippen LogP contribution in [0.1, 0.15) is 40.2 Å². The summed E-state index contributed by atoms with van der Waals surface area (Å²) in [5.41, 5.74) is 0.217. The fraction of sp³-hybridized carbons (Fsp3) is 0.462. The van der Waals surface area contributed by atoms with Gasteiger partial charge in [0.1, 0.15) is 5.75 Å². The Morgan fingerprint density at radius 2 is 1.71 bits per heavy atom. The maximum atomic E-state index is 13.2. The van der Waals surface area contributed by atoms with Crippen LogP contribution in [-0.4, -0.2) is 11.0 Å². The highest BCUT2D eigenvalue weighted by atomic mass is 19.1. The minimum atomic E-state index is -0.602. The number of aromatic hydroxyl groups is 1. The van der Waals surface area contributed by atoms with Crippen LogP contribution in [0.2, 0.25) is 0 Å². The van der Waals surface area contributed by atoms with Crippen LogP contribution in [-0.2, 0) is 4.79 Å². The van der Waals surface area contributed by atoms with Crippen LogP contribution in [0.25, 0.3) is 0 Å². The van der Waals surface area contributed by atoms with E-state index in [9.17, 15) is 9.18 Å². The number of phenolic OH excluding ortho intramolecular Hbond substituents is 1. The van der Waals surface area contributed by atoms with E-state index in [-0.39, 0.29) is 22.9 Å². The van der Waals surface area contributed by atoms with Gasteiger partial charge in [0.05, 0.1) is 5.69 Å². The van der Waals surface area contributed by atoms with Crippen LogP contribution in [0.4, 0.5) is 10.1 Å². The summed E-state index contributed by atoms with van der Waals surface area (Å²) in [4.78, 5) is 10.6. The van der Waals surface area contributed by atoms with Gasteiger partial charge < -0.3 is 10.4 Å². The molecule has 4 heteroatoms. The lowest BCUT2D eigenvalue weighted by Gasteiger charge is -2.06. The van der Waals surface area contributed by atoms with Gasteiger partial charge in [-0.1, -0.05) is 27.7 Å². The van der Waals surface area contributed by atoms with Crippen LogP contribution in [0.3, 0.4) is 0 Å². The van der Waals surface area contributed by atoms with Crippen molar-refractivity contribution in [3.05, 3.63) is 23.5 Å². The Morgan fingerprint density at radius 1 is 1.24 bits per heavy atom. The summed E-state index contributed by atoms with van der Waals surface area (Å²) >= 11 is 0. The van der Waals surface area contributed by atoms with Gasteiger partial charge in [-0.2, -0.15) is 0 Å². The normalized spacial score (nSPS) is 8.18. The molecule has 2 N–H and O–H groups in total. The fourth-order valence-corrected chi connectivity index (χ4v) is 0.961. The van der Waals surface area contributed by atoms with Gasteiger partial charge in [-0.25, -0.2) is 4.39 Å². The number of phenols is 1. The van der Waals surface area contributed by atoms with Crippen molar-refractivity contribution in [1.29, 1.82) is 0 Å². The molecule has 1 rings (SSSR count). The quantitative estimate of drug-likeness (QED) is 0.736. The molecular weight excluding hydrogens is 221 g/mol. The number of carbonyl (C=O) groups is 1. The standard InChI is InChI=1S/C9H10FNO2.2C2H6/c1-5-8(13)4-3-7(9(5)10)11-6(2)12;2*1-2/h3-4,13H,1-2H3,(H,11,12);2*1-2H3. The molecule has 0 bridgehead atoms. The molecule has 0 atom stereocenters. The molecule has 0 heterocycles. The van der Waals surface area contributed by atoms with E-state index in [1.54, 1.807) is 0 Å². The summed E-state index contributed by atoms with van der Waals surface area (Å²) in [6.45, 7) is 10.7. The number of benzene rings is 1. The molecule has 1 amide bonds. The molecule has 0 fully saturated rings. The number of hydrogen-bond acceptors (Lipinski definition) is 2. The molecule has 17 heavy (non-hydrogen) atoms. The minimum Gasteiger partial charge on any atom is -0.508 e. The molecule has 0 spiro atoms. The Hall–Kier alpha value is -1.58. The third-order valence-electron chi connectivity index (χ3n) is 1.67.